The molecule has 2 atom stereocenters. The van der Waals surface area contributed by atoms with Gasteiger partial charge in [0, 0.05) is 19.4 Å². The van der Waals surface area contributed by atoms with Gasteiger partial charge in [-0.1, -0.05) is 6.08 Å². The van der Waals surface area contributed by atoms with Gasteiger partial charge in [0.25, 0.3) is 5.92 Å². The minimum Gasteiger partial charge on any atom is -0.493 e. The molecule has 4 rings (SSSR count). The van der Waals surface area contributed by atoms with Gasteiger partial charge in [-0.05, 0) is 31.1 Å². The molecule has 1 unspecified atom stereocenters. The topological polar surface area (TPSA) is 72.8 Å². The summed E-state index contributed by atoms with van der Waals surface area (Å²) in [6, 6.07) is -0.103. The maximum Gasteiger partial charge on any atom is 0.255 e. The molecule has 1 fully saturated rings. The van der Waals surface area contributed by atoms with Crippen molar-refractivity contribution in [3.63, 3.8) is 0 Å². The van der Waals surface area contributed by atoms with Gasteiger partial charge in [-0.3, -0.25) is 4.79 Å². The molecule has 1 aliphatic heterocycles. The SMILES string of the molecule is CC(=O)N[C@@H](C)COC1=NCc2nc(=C3C=CC(OCC4CC4(F)F)=CC3)sc2=C1. The molecule has 9 heteroatoms. The molecule has 0 bridgehead atoms. The Bertz CT molecular complexity index is 1060. The Balaban J connectivity index is 1.38. The van der Waals surface area contributed by atoms with Gasteiger partial charge in [0.15, 0.2) is 0 Å². The number of hydrogen-bond donors (Lipinski definition) is 1. The highest BCUT2D eigenvalue weighted by Gasteiger charge is 2.57. The molecule has 0 aromatic carbocycles. The molecule has 3 aliphatic rings. The highest BCUT2D eigenvalue weighted by molar-refractivity contribution is 7.07. The van der Waals surface area contributed by atoms with E-state index in [2.05, 4.69) is 15.3 Å². The van der Waals surface area contributed by atoms with E-state index in [-0.39, 0.29) is 25.0 Å². The summed E-state index contributed by atoms with van der Waals surface area (Å²) < 4.78 is 39.0. The normalized spacial score (nSPS) is 24.1. The van der Waals surface area contributed by atoms with Gasteiger partial charge in [0.05, 0.1) is 35.3 Å². The van der Waals surface area contributed by atoms with Crippen LogP contribution in [0.2, 0.25) is 0 Å². The summed E-state index contributed by atoms with van der Waals surface area (Å²) >= 11 is 1.56. The number of fused-ring (bicyclic) bond motifs is 1. The largest absolute Gasteiger partial charge is 0.493 e. The number of carbonyl (C=O) groups is 1. The first-order valence-electron chi connectivity index (χ1n) is 9.84. The predicted molar refractivity (Wildman–Crippen MR) is 110 cm³/mol. The number of aromatic nitrogens is 1. The maximum absolute atomic E-state index is 12.9. The molecule has 2 heterocycles. The van der Waals surface area contributed by atoms with E-state index in [9.17, 15) is 13.6 Å². The Morgan fingerprint density at radius 3 is 2.87 bits per heavy atom. The van der Waals surface area contributed by atoms with Crippen LogP contribution in [-0.4, -0.2) is 42.0 Å². The van der Waals surface area contributed by atoms with Crippen molar-refractivity contribution in [2.24, 2.45) is 10.9 Å². The molecule has 0 radical (unpaired) electrons. The van der Waals surface area contributed by atoms with E-state index in [0.717, 1.165) is 20.5 Å². The fraction of sp³-hybridized carbons (Fsp3) is 0.476. The van der Waals surface area contributed by atoms with E-state index >= 15 is 0 Å². The Kier molecular flexibility index (Phi) is 5.73. The van der Waals surface area contributed by atoms with Crippen molar-refractivity contribution in [1.82, 2.24) is 10.3 Å². The van der Waals surface area contributed by atoms with Gasteiger partial charge in [-0.15, -0.1) is 11.3 Å². The van der Waals surface area contributed by atoms with Crippen LogP contribution < -0.4 is 14.5 Å². The molecule has 0 spiro atoms. The second-order valence-corrected chi connectivity index (χ2v) is 8.71. The molecule has 30 heavy (non-hydrogen) atoms. The van der Waals surface area contributed by atoms with Crippen molar-refractivity contribution in [1.29, 1.82) is 0 Å². The van der Waals surface area contributed by atoms with E-state index in [1.165, 1.54) is 6.92 Å². The van der Waals surface area contributed by atoms with E-state index in [1.54, 1.807) is 17.4 Å². The quantitative estimate of drug-likeness (QED) is 0.742. The number of nitrogens with zero attached hydrogens (tertiary/aromatic N) is 2. The van der Waals surface area contributed by atoms with E-state index in [4.69, 9.17) is 9.47 Å². The molecule has 1 saturated carbocycles. The lowest BCUT2D eigenvalue weighted by atomic mass is 10.1. The number of amides is 1. The van der Waals surface area contributed by atoms with Crippen LogP contribution >= 0.6 is 11.3 Å². The van der Waals surface area contributed by atoms with E-state index in [1.807, 2.05) is 25.2 Å². The summed E-state index contributed by atoms with van der Waals surface area (Å²) in [5, 5.41) is 2.77. The molecule has 160 valence electrons. The van der Waals surface area contributed by atoms with Crippen LogP contribution in [0.3, 0.4) is 0 Å². The summed E-state index contributed by atoms with van der Waals surface area (Å²) in [5.74, 6) is -2.15. The minimum absolute atomic E-state index is 0.0552. The van der Waals surface area contributed by atoms with E-state index in [0.29, 0.717) is 31.2 Å². The summed E-state index contributed by atoms with van der Waals surface area (Å²) in [6.07, 6.45) is 8.05. The second kappa shape index (κ2) is 8.29. The Morgan fingerprint density at radius 2 is 2.20 bits per heavy atom. The maximum atomic E-state index is 12.9. The standard InChI is InChI=1S/C21H23F2N3O3S/c1-12(25-13(2)27)10-29-19-7-18-17(9-24-19)26-20(30-18)14-3-5-16(6-4-14)28-11-15-8-21(15,22)23/h3,5-7,12,15H,4,8-11H2,1-2H3,(H,25,27)/t12-,15?/m0/s1. The molecule has 1 aromatic heterocycles. The number of ether oxygens (including phenoxy) is 2. The molecule has 1 aromatic rings. The molecule has 0 saturated heterocycles. The van der Waals surface area contributed by atoms with Crippen LogP contribution in [0.4, 0.5) is 8.78 Å². The fourth-order valence-electron chi connectivity index (χ4n) is 3.17. The van der Waals surface area contributed by atoms with Crippen LogP contribution in [0.25, 0.3) is 11.6 Å². The van der Waals surface area contributed by atoms with Crippen molar-refractivity contribution in [3.8, 4) is 0 Å². The number of hydrogen-bond acceptors (Lipinski definition) is 6. The minimum atomic E-state index is -2.56. The van der Waals surface area contributed by atoms with Crippen molar-refractivity contribution < 1.29 is 23.0 Å². The lowest BCUT2D eigenvalue weighted by Crippen LogP contribution is -2.35. The monoisotopic (exact) mass is 435 g/mol. The number of nitrogens with one attached hydrogen (secondary N) is 1. The zero-order valence-corrected chi connectivity index (χ0v) is 17.6. The third-order valence-electron chi connectivity index (χ3n) is 4.95. The van der Waals surface area contributed by atoms with Crippen molar-refractivity contribution >= 4 is 34.8 Å². The highest BCUT2D eigenvalue weighted by Crippen LogP contribution is 2.48. The molecule has 6 nitrogen and oxygen atoms in total. The van der Waals surface area contributed by atoms with Gasteiger partial charge < -0.3 is 14.8 Å². The van der Waals surface area contributed by atoms with E-state index < -0.39 is 11.8 Å². The highest BCUT2D eigenvalue weighted by atomic mass is 32.1. The van der Waals surface area contributed by atoms with Crippen molar-refractivity contribution in [2.45, 2.75) is 45.2 Å². The van der Waals surface area contributed by atoms with Gasteiger partial charge >= 0.3 is 0 Å². The first kappa shape index (κ1) is 20.7. The molecular formula is C21H23F2N3O3S. The third kappa shape index (κ3) is 4.95. The molecule has 1 N–H and O–H groups in total. The van der Waals surface area contributed by atoms with Crippen LogP contribution in [-0.2, 0) is 20.8 Å². The number of thiazole rings is 1. The zero-order valence-electron chi connectivity index (χ0n) is 16.8. The Labute approximate surface area is 176 Å². The van der Waals surface area contributed by atoms with Crippen molar-refractivity contribution in [3.05, 3.63) is 38.9 Å². The van der Waals surface area contributed by atoms with Crippen molar-refractivity contribution in [2.75, 3.05) is 13.2 Å². The number of rotatable bonds is 6. The lowest BCUT2D eigenvalue weighted by molar-refractivity contribution is -0.119. The number of alkyl halides is 2. The lowest BCUT2D eigenvalue weighted by Gasteiger charge is -2.14. The van der Waals surface area contributed by atoms with Gasteiger partial charge in [0.1, 0.15) is 17.0 Å². The average molecular weight is 435 g/mol. The van der Waals surface area contributed by atoms with Gasteiger partial charge in [-0.2, -0.15) is 0 Å². The third-order valence-corrected chi connectivity index (χ3v) is 6.07. The second-order valence-electron chi connectivity index (χ2n) is 7.68. The van der Waals surface area contributed by atoms with Crippen LogP contribution in [0.5, 0.6) is 0 Å². The Morgan fingerprint density at radius 1 is 1.40 bits per heavy atom. The summed E-state index contributed by atoms with van der Waals surface area (Å²) in [4.78, 5) is 20.2. The van der Waals surface area contributed by atoms with Gasteiger partial charge in [0.2, 0.25) is 11.8 Å². The number of aliphatic imine (C=N–C) groups is 1. The first-order chi connectivity index (χ1) is 14.3. The predicted octanol–water partition coefficient (Wildman–Crippen LogP) is 2.04. The summed E-state index contributed by atoms with van der Waals surface area (Å²) in [7, 11) is 0. The molecule has 1 amide bonds. The zero-order chi connectivity index (χ0) is 21.3. The van der Waals surface area contributed by atoms with Crippen LogP contribution in [0, 0.1) is 5.92 Å². The first-order valence-corrected chi connectivity index (χ1v) is 10.7. The fourth-order valence-corrected chi connectivity index (χ4v) is 4.20. The average Bonchev–Trinajstić information content (AvgIpc) is 3.10. The number of allylic oxidation sites excluding steroid dienone is 3. The van der Waals surface area contributed by atoms with Crippen LogP contribution in [0.15, 0.2) is 29.0 Å². The Hall–Kier alpha value is -2.55. The van der Waals surface area contributed by atoms with Crippen LogP contribution in [0.1, 0.15) is 32.4 Å². The number of carbonyl (C=O) groups excluding carboxylic acids is 1. The summed E-state index contributed by atoms with van der Waals surface area (Å²) in [5.41, 5.74) is 1.95. The van der Waals surface area contributed by atoms with Gasteiger partial charge in [-0.25, -0.2) is 18.8 Å². The molecular weight excluding hydrogens is 412 g/mol. The number of halogens is 2. The smallest absolute Gasteiger partial charge is 0.255 e. The molecule has 2 aliphatic carbocycles. The summed E-state index contributed by atoms with van der Waals surface area (Å²) in [6.45, 7) is 4.19.